The Labute approximate surface area is 153 Å². The number of aromatic nitrogens is 2. The normalized spacial score (nSPS) is 10.5. The van der Waals surface area contributed by atoms with Crippen molar-refractivity contribution in [2.24, 2.45) is 0 Å². The third-order valence-corrected chi connectivity index (χ3v) is 6.22. The van der Waals surface area contributed by atoms with E-state index in [1.807, 2.05) is 24.5 Å². The summed E-state index contributed by atoms with van der Waals surface area (Å²) in [4.78, 5) is 9.07. The fraction of sp³-hybridized carbons (Fsp3) is 0. The van der Waals surface area contributed by atoms with Crippen LogP contribution in [0.25, 0.3) is 11.0 Å². The Morgan fingerprint density at radius 3 is 1.83 bits per heavy atom. The molecule has 2 aromatic heterocycles. The van der Waals surface area contributed by atoms with E-state index in [9.17, 15) is 0 Å². The van der Waals surface area contributed by atoms with Crippen LogP contribution < -0.4 is 15.9 Å². The van der Waals surface area contributed by atoms with E-state index < -0.39 is 7.92 Å². The van der Waals surface area contributed by atoms with E-state index in [0.717, 1.165) is 11.0 Å². The second kappa shape index (κ2) is 7.68. The maximum atomic E-state index is 4.61. The van der Waals surface area contributed by atoms with Crippen LogP contribution in [-0.2, 0) is 17.1 Å². The molecule has 4 rings (SSSR count). The zero-order chi connectivity index (χ0) is 15.5. The molecule has 0 spiro atoms. The van der Waals surface area contributed by atoms with Gasteiger partial charge in [0.05, 0.1) is 11.0 Å². The number of benzene rings is 2. The summed E-state index contributed by atoms with van der Waals surface area (Å²) in [7, 11) is -0.648. The molecule has 0 aliphatic rings. The second-order valence-electron chi connectivity index (χ2n) is 5.21. The summed E-state index contributed by atoms with van der Waals surface area (Å²) in [5.74, 6) is 0. The van der Waals surface area contributed by atoms with E-state index in [1.165, 1.54) is 15.9 Å². The van der Waals surface area contributed by atoms with Gasteiger partial charge in [-0.3, -0.25) is 9.97 Å². The maximum absolute atomic E-state index is 4.61. The fourth-order valence-corrected chi connectivity index (χ4v) is 5.12. The third kappa shape index (κ3) is 3.25. The molecule has 0 unspecified atom stereocenters. The molecule has 1 radical (unpaired) electrons. The summed E-state index contributed by atoms with van der Waals surface area (Å²) in [6.07, 6.45) is 3.73. The molecular weight excluding hydrogens is 363 g/mol. The third-order valence-electron chi connectivity index (χ3n) is 3.74. The van der Waals surface area contributed by atoms with Crippen LogP contribution in [0.1, 0.15) is 0 Å². The maximum Gasteiger partial charge on any atom is 0.0969 e. The monoisotopic (exact) mass is 377 g/mol. The molecule has 2 nitrogen and oxygen atoms in total. The predicted octanol–water partition coefficient (Wildman–Crippen LogP) is 3.39. The summed E-state index contributed by atoms with van der Waals surface area (Å²) >= 11 is 0. The van der Waals surface area contributed by atoms with Crippen LogP contribution in [0.3, 0.4) is 0 Å². The number of pyridine rings is 2. The Bertz CT molecular complexity index is 885. The number of fused-ring (bicyclic) bond motifs is 1. The van der Waals surface area contributed by atoms with Crippen molar-refractivity contribution >= 4 is 34.9 Å². The van der Waals surface area contributed by atoms with E-state index in [1.54, 1.807) is 0 Å². The summed E-state index contributed by atoms with van der Waals surface area (Å²) in [6, 6.07) is 27.4. The molecule has 121 valence electrons. The zero-order valence-electron chi connectivity index (χ0n) is 12.8. The van der Waals surface area contributed by atoms with Crippen molar-refractivity contribution in [3.05, 3.63) is 91.3 Å². The van der Waals surface area contributed by atoms with Gasteiger partial charge in [-0.2, -0.15) is 0 Å². The molecule has 0 bridgehead atoms. The minimum absolute atomic E-state index is 0. The van der Waals surface area contributed by atoms with Gasteiger partial charge in [0.1, 0.15) is 0 Å². The van der Waals surface area contributed by atoms with Gasteiger partial charge in [0.15, 0.2) is 0 Å². The van der Waals surface area contributed by atoms with Crippen LogP contribution in [0.5, 0.6) is 0 Å². The molecule has 0 atom stereocenters. The molecule has 24 heavy (non-hydrogen) atoms. The average molecular weight is 378 g/mol. The largest absolute Gasteiger partial charge is 0.255 e. The second-order valence-corrected chi connectivity index (χ2v) is 7.39. The van der Waals surface area contributed by atoms with Crippen LogP contribution in [0.2, 0.25) is 0 Å². The molecule has 2 aromatic carbocycles. The Balaban J connectivity index is 0.00000169. The summed E-state index contributed by atoms with van der Waals surface area (Å²) in [5, 5.41) is 3.90. The molecule has 0 N–H and O–H groups in total. The standard InChI is InChI=1S/C20H15N2P.Cu/c1-3-8-16(9-4-1)23(17-10-5-2-6-11-17)19-13-15-21-18-12-7-14-22-20(18)19;/h1-15H;. The van der Waals surface area contributed by atoms with E-state index in [4.69, 9.17) is 0 Å². The van der Waals surface area contributed by atoms with Gasteiger partial charge < -0.3 is 0 Å². The van der Waals surface area contributed by atoms with Crippen molar-refractivity contribution < 1.29 is 17.1 Å². The quantitative estimate of drug-likeness (QED) is 0.404. The van der Waals surface area contributed by atoms with Gasteiger partial charge in [-0.15, -0.1) is 0 Å². The van der Waals surface area contributed by atoms with E-state index in [-0.39, 0.29) is 17.1 Å². The van der Waals surface area contributed by atoms with Gasteiger partial charge >= 0.3 is 0 Å². The Hall–Kier alpha value is -2.05. The Morgan fingerprint density at radius 1 is 0.583 bits per heavy atom. The molecular formula is C20H15CuN2P. The van der Waals surface area contributed by atoms with Gasteiger partial charge in [0.2, 0.25) is 0 Å². The van der Waals surface area contributed by atoms with E-state index in [2.05, 4.69) is 76.7 Å². The van der Waals surface area contributed by atoms with Crippen LogP contribution in [0, 0.1) is 0 Å². The topological polar surface area (TPSA) is 25.8 Å². The van der Waals surface area contributed by atoms with Crippen LogP contribution in [0.15, 0.2) is 91.3 Å². The summed E-state index contributed by atoms with van der Waals surface area (Å²) in [5.41, 5.74) is 1.94. The number of nitrogens with zero attached hydrogens (tertiary/aromatic N) is 2. The molecule has 2 heterocycles. The molecule has 0 aliphatic heterocycles. The van der Waals surface area contributed by atoms with Gasteiger partial charge in [0, 0.05) is 34.8 Å². The minimum Gasteiger partial charge on any atom is -0.255 e. The number of hydrogen-bond donors (Lipinski definition) is 0. The van der Waals surface area contributed by atoms with Crippen LogP contribution in [0.4, 0.5) is 0 Å². The first-order chi connectivity index (χ1) is 11.4. The smallest absolute Gasteiger partial charge is 0.0969 e. The van der Waals surface area contributed by atoms with Crippen molar-refractivity contribution in [3.63, 3.8) is 0 Å². The van der Waals surface area contributed by atoms with Crippen LogP contribution in [-0.4, -0.2) is 9.97 Å². The molecule has 0 amide bonds. The number of hydrogen-bond acceptors (Lipinski definition) is 2. The number of rotatable bonds is 3. The van der Waals surface area contributed by atoms with E-state index in [0.29, 0.717) is 0 Å². The first kappa shape index (κ1) is 16.8. The van der Waals surface area contributed by atoms with Gasteiger partial charge in [-0.05, 0) is 36.7 Å². The fourth-order valence-electron chi connectivity index (χ4n) is 2.73. The van der Waals surface area contributed by atoms with E-state index >= 15 is 0 Å². The Kier molecular flexibility index (Phi) is 5.37. The minimum atomic E-state index is -0.648. The first-order valence-electron chi connectivity index (χ1n) is 7.53. The van der Waals surface area contributed by atoms with Gasteiger partial charge in [-0.1, -0.05) is 60.7 Å². The van der Waals surface area contributed by atoms with Crippen molar-refractivity contribution in [2.75, 3.05) is 0 Å². The average Bonchev–Trinajstić information content (AvgIpc) is 2.64. The van der Waals surface area contributed by atoms with Crippen molar-refractivity contribution in [1.82, 2.24) is 9.97 Å². The Morgan fingerprint density at radius 2 is 1.21 bits per heavy atom. The first-order valence-corrected chi connectivity index (χ1v) is 8.87. The van der Waals surface area contributed by atoms with Gasteiger partial charge in [-0.25, -0.2) is 0 Å². The molecule has 0 saturated carbocycles. The van der Waals surface area contributed by atoms with Crippen molar-refractivity contribution in [1.29, 1.82) is 0 Å². The van der Waals surface area contributed by atoms with Crippen molar-refractivity contribution in [2.45, 2.75) is 0 Å². The predicted molar refractivity (Wildman–Crippen MR) is 98.2 cm³/mol. The molecule has 4 heteroatoms. The SMILES string of the molecule is [Cu].c1ccc(P(c2ccccc2)c2ccnc3cccnc23)cc1. The molecule has 0 aliphatic carbocycles. The van der Waals surface area contributed by atoms with Crippen molar-refractivity contribution in [3.8, 4) is 0 Å². The molecule has 0 fully saturated rings. The molecule has 0 saturated heterocycles. The summed E-state index contributed by atoms with van der Waals surface area (Å²) in [6.45, 7) is 0. The van der Waals surface area contributed by atoms with Crippen LogP contribution >= 0.6 is 7.92 Å². The molecule has 4 aromatic rings. The van der Waals surface area contributed by atoms with Gasteiger partial charge in [0.25, 0.3) is 0 Å². The summed E-state index contributed by atoms with van der Waals surface area (Å²) < 4.78 is 0. The zero-order valence-corrected chi connectivity index (χ0v) is 14.6.